The topological polar surface area (TPSA) is 54.7 Å². The van der Waals surface area contributed by atoms with Crippen molar-refractivity contribution in [3.8, 4) is 0 Å². The van der Waals surface area contributed by atoms with Crippen molar-refractivity contribution in [2.45, 2.75) is 59.4 Å². The Balaban J connectivity index is 0.00000364. The van der Waals surface area contributed by atoms with Gasteiger partial charge in [-0.05, 0) is 44.9 Å². The van der Waals surface area contributed by atoms with Crippen LogP contribution < -0.4 is 5.32 Å². The molecule has 0 amide bonds. The molecule has 6 nitrogen and oxygen atoms in total. The second kappa shape index (κ2) is 12.6. The molecule has 7 heteroatoms. The molecule has 0 bridgehead atoms. The van der Waals surface area contributed by atoms with Crippen LogP contribution in [0.25, 0.3) is 0 Å². The lowest BCUT2D eigenvalue weighted by Gasteiger charge is -2.27. The zero-order chi connectivity index (χ0) is 18.9. The second-order valence-corrected chi connectivity index (χ2v) is 7.14. The van der Waals surface area contributed by atoms with Crippen LogP contribution in [0.1, 0.15) is 57.0 Å². The fourth-order valence-corrected chi connectivity index (χ4v) is 3.71. The predicted molar refractivity (Wildman–Crippen MR) is 123 cm³/mol. The number of aliphatic imine (C=N–C) groups is 1. The van der Waals surface area contributed by atoms with E-state index in [-0.39, 0.29) is 24.0 Å². The van der Waals surface area contributed by atoms with E-state index >= 15 is 0 Å². The van der Waals surface area contributed by atoms with Gasteiger partial charge in [0.05, 0.1) is 12.2 Å². The minimum Gasteiger partial charge on any atom is -0.381 e. The fourth-order valence-electron chi connectivity index (χ4n) is 3.71. The fraction of sp³-hybridized carbons (Fsp3) is 0.800. The molecule has 0 spiro atoms. The highest BCUT2D eigenvalue weighted by Crippen LogP contribution is 2.19. The molecule has 0 radical (unpaired) electrons. The van der Waals surface area contributed by atoms with E-state index in [9.17, 15) is 0 Å². The van der Waals surface area contributed by atoms with E-state index in [1.54, 1.807) is 0 Å². The summed E-state index contributed by atoms with van der Waals surface area (Å²) in [5.41, 5.74) is 3.77. The lowest BCUT2D eigenvalue weighted by atomic mass is 9.96. The van der Waals surface area contributed by atoms with Crippen LogP contribution in [0.5, 0.6) is 0 Å². The summed E-state index contributed by atoms with van der Waals surface area (Å²) < 4.78 is 7.49. The van der Waals surface area contributed by atoms with Crippen LogP contribution in [-0.4, -0.2) is 54.0 Å². The van der Waals surface area contributed by atoms with E-state index in [4.69, 9.17) is 9.73 Å². The molecule has 0 saturated carbocycles. The quantitative estimate of drug-likeness (QED) is 0.344. The number of halogens is 1. The van der Waals surface area contributed by atoms with Crippen LogP contribution in [0.2, 0.25) is 0 Å². The first-order valence-corrected chi connectivity index (χ1v) is 10.2. The molecular formula is C20H38IN5O. The monoisotopic (exact) mass is 491 g/mol. The van der Waals surface area contributed by atoms with Gasteiger partial charge in [-0.1, -0.05) is 13.8 Å². The lowest BCUT2D eigenvalue weighted by Crippen LogP contribution is -2.40. The summed E-state index contributed by atoms with van der Waals surface area (Å²) in [5, 5.41) is 8.11. The summed E-state index contributed by atoms with van der Waals surface area (Å²) in [4.78, 5) is 7.20. The Bertz CT molecular complexity index is 581. The average molecular weight is 491 g/mol. The summed E-state index contributed by atoms with van der Waals surface area (Å²) in [7, 11) is 4.18. The van der Waals surface area contributed by atoms with E-state index in [1.807, 2.05) is 11.7 Å². The minimum atomic E-state index is 0. The molecule has 2 heterocycles. The first kappa shape index (κ1) is 24.2. The molecule has 156 valence electrons. The van der Waals surface area contributed by atoms with Crippen LogP contribution in [0.4, 0.5) is 0 Å². The Labute approximate surface area is 182 Å². The average Bonchev–Trinajstić information content (AvgIpc) is 2.98. The number of ether oxygens (including phenoxy) is 1. The van der Waals surface area contributed by atoms with Crippen molar-refractivity contribution in [2.75, 3.05) is 33.4 Å². The van der Waals surface area contributed by atoms with Gasteiger partial charge in [0.15, 0.2) is 5.96 Å². The molecule has 2 rings (SSSR count). The Morgan fingerprint density at radius 1 is 1.26 bits per heavy atom. The zero-order valence-electron chi connectivity index (χ0n) is 17.8. The van der Waals surface area contributed by atoms with E-state index in [1.165, 1.54) is 36.2 Å². The molecule has 1 N–H and O–H groups in total. The smallest absolute Gasteiger partial charge is 0.193 e. The van der Waals surface area contributed by atoms with E-state index in [2.05, 4.69) is 43.1 Å². The number of hydrogen-bond acceptors (Lipinski definition) is 3. The second-order valence-electron chi connectivity index (χ2n) is 7.14. The summed E-state index contributed by atoms with van der Waals surface area (Å²) in [6.45, 7) is 10.9. The van der Waals surface area contributed by atoms with Crippen molar-refractivity contribution in [1.82, 2.24) is 20.0 Å². The summed E-state index contributed by atoms with van der Waals surface area (Å²) in [6.07, 6.45) is 5.53. The molecule has 1 fully saturated rings. The Hall–Kier alpha value is -0.830. The number of hydrogen-bond donors (Lipinski definition) is 1. The van der Waals surface area contributed by atoms with Crippen molar-refractivity contribution < 1.29 is 4.74 Å². The molecular weight excluding hydrogens is 453 g/mol. The van der Waals surface area contributed by atoms with Crippen LogP contribution in [-0.2, 0) is 31.2 Å². The SMILES string of the molecule is CCNC(=NCc1c(CC)nn(C)c1CC)N(C)CCC1CCOCC1.I. The predicted octanol–water partition coefficient (Wildman–Crippen LogP) is 3.38. The van der Waals surface area contributed by atoms with Crippen LogP contribution in [0.15, 0.2) is 4.99 Å². The number of aryl methyl sites for hydroxylation is 2. The van der Waals surface area contributed by atoms with Crippen molar-refractivity contribution in [3.63, 3.8) is 0 Å². The molecule has 0 unspecified atom stereocenters. The van der Waals surface area contributed by atoms with E-state index in [0.29, 0.717) is 6.54 Å². The molecule has 1 aliphatic heterocycles. The maximum atomic E-state index is 5.47. The van der Waals surface area contributed by atoms with Crippen molar-refractivity contribution in [1.29, 1.82) is 0 Å². The maximum absolute atomic E-state index is 5.47. The number of nitrogens with zero attached hydrogens (tertiary/aromatic N) is 4. The van der Waals surface area contributed by atoms with Gasteiger partial charge in [-0.3, -0.25) is 4.68 Å². The van der Waals surface area contributed by atoms with Gasteiger partial charge in [0, 0.05) is 51.7 Å². The Kier molecular flexibility index (Phi) is 11.3. The van der Waals surface area contributed by atoms with Gasteiger partial charge in [0.1, 0.15) is 0 Å². The first-order chi connectivity index (χ1) is 12.6. The third-order valence-electron chi connectivity index (χ3n) is 5.32. The standard InChI is InChI=1S/C20H37N5O.HI/c1-6-18-17(19(7-2)25(5)23-18)15-22-20(21-8-3)24(4)12-9-16-10-13-26-14-11-16;/h16H,6-15H2,1-5H3,(H,21,22);1H. The summed E-state index contributed by atoms with van der Waals surface area (Å²) in [6, 6.07) is 0. The van der Waals surface area contributed by atoms with Crippen LogP contribution in [0.3, 0.4) is 0 Å². The van der Waals surface area contributed by atoms with Gasteiger partial charge in [-0.15, -0.1) is 24.0 Å². The van der Waals surface area contributed by atoms with Crippen molar-refractivity contribution in [2.24, 2.45) is 18.0 Å². The minimum absolute atomic E-state index is 0. The van der Waals surface area contributed by atoms with Crippen LogP contribution >= 0.6 is 24.0 Å². The number of rotatable bonds is 8. The third-order valence-corrected chi connectivity index (χ3v) is 5.32. The van der Waals surface area contributed by atoms with Crippen molar-refractivity contribution >= 4 is 29.9 Å². The third kappa shape index (κ3) is 6.93. The highest BCUT2D eigenvalue weighted by Gasteiger charge is 2.17. The maximum Gasteiger partial charge on any atom is 0.193 e. The molecule has 1 saturated heterocycles. The Morgan fingerprint density at radius 3 is 2.56 bits per heavy atom. The lowest BCUT2D eigenvalue weighted by molar-refractivity contribution is 0.0625. The molecule has 0 aromatic carbocycles. The molecule has 0 aliphatic carbocycles. The number of nitrogens with one attached hydrogen (secondary N) is 1. The van der Waals surface area contributed by atoms with Crippen LogP contribution in [0, 0.1) is 5.92 Å². The van der Waals surface area contributed by atoms with E-state index in [0.717, 1.165) is 51.0 Å². The van der Waals surface area contributed by atoms with E-state index < -0.39 is 0 Å². The van der Waals surface area contributed by atoms with Gasteiger partial charge in [0.25, 0.3) is 0 Å². The van der Waals surface area contributed by atoms with Crippen molar-refractivity contribution in [3.05, 3.63) is 17.0 Å². The molecule has 1 aromatic heterocycles. The zero-order valence-corrected chi connectivity index (χ0v) is 20.1. The number of aromatic nitrogens is 2. The largest absolute Gasteiger partial charge is 0.381 e. The number of guanidine groups is 1. The molecule has 1 aliphatic rings. The normalized spacial score (nSPS) is 15.5. The van der Waals surface area contributed by atoms with Gasteiger partial charge in [-0.25, -0.2) is 4.99 Å². The highest BCUT2D eigenvalue weighted by molar-refractivity contribution is 14.0. The van der Waals surface area contributed by atoms with Gasteiger partial charge >= 0.3 is 0 Å². The molecule has 1 aromatic rings. The summed E-state index contributed by atoms with van der Waals surface area (Å²) in [5.74, 6) is 1.78. The van der Waals surface area contributed by atoms with Gasteiger partial charge in [0.2, 0.25) is 0 Å². The van der Waals surface area contributed by atoms with Gasteiger partial charge in [-0.2, -0.15) is 5.10 Å². The summed E-state index contributed by atoms with van der Waals surface area (Å²) >= 11 is 0. The molecule has 27 heavy (non-hydrogen) atoms. The Morgan fingerprint density at radius 2 is 1.96 bits per heavy atom. The van der Waals surface area contributed by atoms with Gasteiger partial charge < -0.3 is 15.0 Å². The molecule has 0 atom stereocenters. The highest BCUT2D eigenvalue weighted by atomic mass is 127. The first-order valence-electron chi connectivity index (χ1n) is 10.2.